The Balaban J connectivity index is 1.79. The fourth-order valence-electron chi connectivity index (χ4n) is 3.17. The summed E-state index contributed by atoms with van der Waals surface area (Å²) in [5, 5.41) is 0.372. The van der Waals surface area contributed by atoms with Gasteiger partial charge in [0.1, 0.15) is 23.2 Å². The third-order valence-electron chi connectivity index (χ3n) is 4.70. The number of benzene rings is 1. The maximum atomic E-state index is 13.1. The van der Waals surface area contributed by atoms with Gasteiger partial charge in [0.15, 0.2) is 9.80 Å². The summed E-state index contributed by atoms with van der Waals surface area (Å²) in [7, 11) is -1.53. The van der Waals surface area contributed by atoms with Gasteiger partial charge in [-0.15, -0.1) is 0 Å². The van der Waals surface area contributed by atoms with Crippen LogP contribution in [0, 0.1) is 5.92 Å². The molecule has 0 saturated carbocycles. The largest absolute Gasteiger partial charge is 0.497 e. The van der Waals surface area contributed by atoms with Gasteiger partial charge >= 0.3 is 11.6 Å². The van der Waals surface area contributed by atoms with E-state index < -0.39 is 43.3 Å². The lowest BCUT2D eigenvalue weighted by molar-refractivity contribution is -0.143. The number of methoxy groups -OCH3 is 2. The lowest BCUT2D eigenvalue weighted by Gasteiger charge is -2.28. The van der Waals surface area contributed by atoms with Crippen molar-refractivity contribution >= 4 is 26.8 Å². The fraction of sp³-hybridized carbons (Fsp3) is 0.200. The molecule has 0 fully saturated rings. The summed E-state index contributed by atoms with van der Waals surface area (Å²) in [5.41, 5.74) is -0.914. The number of allylic oxidation sites excluding steroid dienone is 1. The van der Waals surface area contributed by atoms with Crippen LogP contribution in [0.25, 0.3) is 11.0 Å². The Hall–Kier alpha value is -3.33. The molecule has 2 atom stereocenters. The van der Waals surface area contributed by atoms with E-state index in [1.54, 1.807) is 30.4 Å². The van der Waals surface area contributed by atoms with E-state index in [0.717, 1.165) is 0 Å². The molecule has 2 unspecified atom stereocenters. The summed E-state index contributed by atoms with van der Waals surface area (Å²) in [4.78, 5) is 23.6. The Morgan fingerprint density at radius 1 is 1.03 bits per heavy atom. The maximum Gasteiger partial charge on any atom is 0.355 e. The van der Waals surface area contributed by atoms with Gasteiger partial charge in [-0.2, -0.15) is 0 Å². The molecule has 0 bridgehead atoms. The van der Waals surface area contributed by atoms with Gasteiger partial charge in [-0.25, -0.2) is 18.0 Å². The number of esters is 1. The molecular weight excluding hydrogens is 400 g/mol. The van der Waals surface area contributed by atoms with E-state index in [2.05, 4.69) is 0 Å². The molecule has 1 aliphatic heterocycles. The molecular formula is C20H16O8S. The van der Waals surface area contributed by atoms with Crippen molar-refractivity contribution in [3.8, 4) is 5.75 Å². The number of rotatable bonds is 4. The Morgan fingerprint density at radius 3 is 2.55 bits per heavy atom. The molecule has 0 radical (unpaired) electrons. The standard InChI is InChI=1S/C20H16O8S/c1-25-13-5-3-11-7-17(19(21)27-15(11)9-13)29(23,24)18-8-12-4-6-14(26-2)10-16(12)28-20(18)22/h3-11,15H,1-2H3. The van der Waals surface area contributed by atoms with Gasteiger partial charge in [-0.05, 0) is 36.4 Å². The highest BCUT2D eigenvalue weighted by Crippen LogP contribution is 2.32. The lowest BCUT2D eigenvalue weighted by Crippen LogP contribution is -2.34. The van der Waals surface area contributed by atoms with Crippen LogP contribution in [0.1, 0.15) is 0 Å². The van der Waals surface area contributed by atoms with Crippen LogP contribution in [0.15, 0.2) is 73.3 Å². The predicted octanol–water partition coefficient (Wildman–Crippen LogP) is 2.10. The normalized spacial score (nSPS) is 21.1. The zero-order valence-electron chi connectivity index (χ0n) is 15.4. The van der Waals surface area contributed by atoms with E-state index in [-0.39, 0.29) is 5.58 Å². The molecule has 1 aromatic carbocycles. The number of carbonyl (C=O) groups is 1. The third kappa shape index (κ3) is 3.23. The van der Waals surface area contributed by atoms with Gasteiger partial charge in [-0.1, -0.05) is 6.08 Å². The van der Waals surface area contributed by atoms with Gasteiger partial charge in [0.25, 0.3) is 0 Å². The summed E-state index contributed by atoms with van der Waals surface area (Å²) in [6, 6.07) is 5.80. The van der Waals surface area contributed by atoms with Crippen LogP contribution in [0.3, 0.4) is 0 Å². The van der Waals surface area contributed by atoms with Crippen LogP contribution in [-0.2, 0) is 24.1 Å². The van der Waals surface area contributed by atoms with Crippen molar-refractivity contribution < 1.29 is 31.8 Å². The molecule has 0 spiro atoms. The van der Waals surface area contributed by atoms with E-state index in [4.69, 9.17) is 18.6 Å². The molecule has 2 heterocycles. The first-order valence-electron chi connectivity index (χ1n) is 8.57. The van der Waals surface area contributed by atoms with Crippen molar-refractivity contribution in [2.24, 2.45) is 5.92 Å². The van der Waals surface area contributed by atoms with E-state index in [1.807, 2.05) is 0 Å². The van der Waals surface area contributed by atoms with Gasteiger partial charge in [0, 0.05) is 17.4 Å². The van der Waals surface area contributed by atoms with Crippen LogP contribution in [0.2, 0.25) is 0 Å². The van der Waals surface area contributed by atoms with Gasteiger partial charge in [-0.3, -0.25) is 0 Å². The minimum Gasteiger partial charge on any atom is -0.497 e. The molecule has 2 aliphatic rings. The van der Waals surface area contributed by atoms with Crippen molar-refractivity contribution in [3.63, 3.8) is 0 Å². The van der Waals surface area contributed by atoms with Crippen molar-refractivity contribution in [2.45, 2.75) is 11.0 Å². The third-order valence-corrected chi connectivity index (χ3v) is 6.45. The summed E-state index contributed by atoms with van der Waals surface area (Å²) in [6.07, 6.45) is 5.50. The highest BCUT2D eigenvalue weighted by Gasteiger charge is 2.39. The summed E-state index contributed by atoms with van der Waals surface area (Å²) < 4.78 is 46.7. The monoisotopic (exact) mass is 416 g/mol. The minimum absolute atomic E-state index is 0.168. The van der Waals surface area contributed by atoms with Crippen LogP contribution in [0.4, 0.5) is 0 Å². The first-order valence-corrected chi connectivity index (χ1v) is 10.1. The summed E-state index contributed by atoms with van der Waals surface area (Å²) in [6.45, 7) is 0. The highest BCUT2D eigenvalue weighted by atomic mass is 32.2. The average Bonchev–Trinajstić information content (AvgIpc) is 2.71. The zero-order chi connectivity index (χ0) is 20.8. The molecule has 1 aromatic heterocycles. The van der Waals surface area contributed by atoms with Crippen molar-refractivity contribution in [1.82, 2.24) is 0 Å². The number of ether oxygens (including phenoxy) is 3. The first-order chi connectivity index (χ1) is 13.8. The zero-order valence-corrected chi connectivity index (χ0v) is 16.3. The van der Waals surface area contributed by atoms with Crippen LogP contribution in [0.5, 0.6) is 5.75 Å². The molecule has 1 aliphatic carbocycles. The van der Waals surface area contributed by atoms with E-state index >= 15 is 0 Å². The molecule has 29 heavy (non-hydrogen) atoms. The van der Waals surface area contributed by atoms with Crippen LogP contribution in [-0.4, -0.2) is 34.7 Å². The predicted molar refractivity (Wildman–Crippen MR) is 102 cm³/mol. The van der Waals surface area contributed by atoms with E-state index in [9.17, 15) is 18.0 Å². The molecule has 0 N–H and O–H groups in total. The number of carbonyl (C=O) groups excluding carboxylic acids is 1. The number of fused-ring (bicyclic) bond motifs is 2. The second-order valence-corrected chi connectivity index (χ2v) is 8.30. The maximum absolute atomic E-state index is 13.1. The minimum atomic E-state index is -4.46. The van der Waals surface area contributed by atoms with E-state index in [1.165, 1.54) is 32.4 Å². The Morgan fingerprint density at radius 2 is 1.83 bits per heavy atom. The van der Waals surface area contributed by atoms with Crippen LogP contribution < -0.4 is 10.4 Å². The Labute approximate surface area is 165 Å². The Bertz CT molecular complexity index is 1260. The summed E-state index contributed by atoms with van der Waals surface area (Å²) >= 11 is 0. The van der Waals surface area contributed by atoms with Gasteiger partial charge in [0.05, 0.1) is 14.2 Å². The van der Waals surface area contributed by atoms with Crippen molar-refractivity contribution in [1.29, 1.82) is 0 Å². The molecule has 8 nitrogen and oxygen atoms in total. The van der Waals surface area contributed by atoms with E-state index in [0.29, 0.717) is 16.9 Å². The van der Waals surface area contributed by atoms with Crippen LogP contribution >= 0.6 is 0 Å². The molecule has 2 aromatic rings. The first kappa shape index (κ1) is 19.0. The van der Waals surface area contributed by atoms with Crippen molar-refractivity contribution in [3.05, 3.63) is 69.7 Å². The highest BCUT2D eigenvalue weighted by molar-refractivity contribution is 7.96. The number of sulfone groups is 1. The second-order valence-electron chi connectivity index (χ2n) is 6.42. The molecule has 0 amide bonds. The van der Waals surface area contributed by atoms with Crippen molar-refractivity contribution in [2.75, 3.05) is 14.2 Å². The average molecular weight is 416 g/mol. The topological polar surface area (TPSA) is 109 Å². The SMILES string of the molecule is COC1=CC2OC(=O)C(S(=O)(=O)c3cc4ccc(OC)cc4oc3=O)=CC2C=C1. The quantitative estimate of drug-likeness (QED) is 0.551. The second kappa shape index (κ2) is 6.93. The summed E-state index contributed by atoms with van der Waals surface area (Å²) in [5.74, 6) is -0.576. The number of hydrogen-bond donors (Lipinski definition) is 0. The molecule has 150 valence electrons. The smallest absolute Gasteiger partial charge is 0.355 e. The molecule has 0 saturated heterocycles. The molecule has 9 heteroatoms. The fourth-order valence-corrected chi connectivity index (χ4v) is 4.56. The lowest BCUT2D eigenvalue weighted by atomic mass is 9.94. The molecule has 4 rings (SSSR count). The van der Waals surface area contributed by atoms with Gasteiger partial charge in [0.2, 0.25) is 9.84 Å². The Kier molecular flexibility index (Phi) is 4.54. The van der Waals surface area contributed by atoms with Gasteiger partial charge < -0.3 is 18.6 Å². The number of hydrogen-bond acceptors (Lipinski definition) is 8.